The molecule has 52 heavy (non-hydrogen) atoms. The first-order chi connectivity index (χ1) is 25.4. The molecule has 0 spiro atoms. The number of benzene rings is 4. The van der Waals surface area contributed by atoms with E-state index >= 15 is 0 Å². The van der Waals surface area contributed by atoms with Crippen molar-refractivity contribution in [2.75, 3.05) is 26.4 Å². The van der Waals surface area contributed by atoms with Gasteiger partial charge in [-0.2, -0.15) is 0 Å². The Morgan fingerprint density at radius 3 is 2.50 bits per heavy atom. The molecule has 1 N–H and O–H groups in total. The van der Waals surface area contributed by atoms with Crippen molar-refractivity contribution in [2.45, 2.75) is 39.2 Å². The minimum Gasteiger partial charge on any atom is -0.507 e. The topological polar surface area (TPSA) is 126 Å². The van der Waals surface area contributed by atoms with Gasteiger partial charge in [-0.3, -0.25) is 9.59 Å². The van der Waals surface area contributed by atoms with E-state index in [0.29, 0.717) is 61.0 Å². The summed E-state index contributed by atoms with van der Waals surface area (Å²) in [4.78, 5) is 25.2. The highest BCUT2D eigenvalue weighted by Crippen LogP contribution is 2.25. The molecule has 0 aliphatic rings. The minimum absolute atomic E-state index is 0.0134. The maximum Gasteiger partial charge on any atom is 0.193 e. The fraction of sp³-hybridized carbons (Fsp3) is 0.238. The zero-order valence-electron chi connectivity index (χ0n) is 29.1. The van der Waals surface area contributed by atoms with E-state index in [-0.39, 0.29) is 17.0 Å². The number of allylic oxidation sites excluding steroid dienone is 1. The van der Waals surface area contributed by atoms with Crippen LogP contribution in [0.1, 0.15) is 46.9 Å². The number of unbranched alkanes of at least 4 members (excludes halogenated alkanes) is 1. The van der Waals surface area contributed by atoms with E-state index in [1.807, 2.05) is 73.8 Å². The largest absolute Gasteiger partial charge is 0.507 e. The summed E-state index contributed by atoms with van der Waals surface area (Å²) >= 11 is 0. The number of phenolic OH excluding ortho intramolecular Hbond substituents is 1. The molecule has 0 amide bonds. The number of fused-ring (bicyclic) bond motifs is 1. The third kappa shape index (κ3) is 9.82. The zero-order valence-corrected chi connectivity index (χ0v) is 29.1. The van der Waals surface area contributed by atoms with Crippen LogP contribution in [-0.4, -0.2) is 52.3 Å². The summed E-state index contributed by atoms with van der Waals surface area (Å²) < 4.78 is 25.2. The van der Waals surface area contributed by atoms with Crippen LogP contribution in [0.2, 0.25) is 0 Å². The second-order valence-corrected chi connectivity index (χ2v) is 12.2. The van der Waals surface area contributed by atoms with E-state index in [1.165, 1.54) is 12.1 Å². The van der Waals surface area contributed by atoms with Gasteiger partial charge in [-0.1, -0.05) is 66.7 Å². The van der Waals surface area contributed by atoms with Crippen molar-refractivity contribution in [3.05, 3.63) is 142 Å². The summed E-state index contributed by atoms with van der Waals surface area (Å²) in [5, 5.41) is 19.0. The standard InChI is InChI=1S/C42H41N3O7/c1-2-30-13-19-38(46)37(26-30)39(47)20-14-31-11-15-34(16-12-31)50-22-7-6-10-33-29-45(44-43-33)21-23-49-24-25-51-35-17-18-36-40(48)28-41(52-42(36)27-35)32-8-4-3-5-9-32/h3-5,8-9,11-20,26-29,46H,2,6-7,10,21-25H2,1H3/b20-14+. The molecule has 0 aliphatic carbocycles. The number of aryl methyl sites for hydroxylation is 2. The second kappa shape index (κ2) is 17.8. The van der Waals surface area contributed by atoms with Crippen molar-refractivity contribution in [1.29, 1.82) is 0 Å². The van der Waals surface area contributed by atoms with E-state index in [4.69, 9.17) is 18.6 Å². The van der Waals surface area contributed by atoms with Gasteiger partial charge in [0, 0.05) is 23.9 Å². The zero-order chi connectivity index (χ0) is 36.1. The Kier molecular flexibility index (Phi) is 12.2. The molecule has 6 aromatic rings. The molecular formula is C42H41N3O7. The van der Waals surface area contributed by atoms with Crippen molar-refractivity contribution in [1.82, 2.24) is 15.0 Å². The van der Waals surface area contributed by atoms with Gasteiger partial charge >= 0.3 is 0 Å². The maximum absolute atomic E-state index is 12.6. The van der Waals surface area contributed by atoms with Gasteiger partial charge in [0.15, 0.2) is 11.2 Å². The maximum atomic E-state index is 12.6. The first kappa shape index (κ1) is 35.8. The number of nitrogens with zero attached hydrogens (tertiary/aromatic N) is 3. The SMILES string of the molecule is CCc1ccc(O)c(C(=O)/C=C/c2ccc(OCCCCc3cn(CCOCCOc4ccc5c(=O)cc(-c6ccccc6)oc5c4)nn3)cc2)c1. The molecule has 2 heterocycles. The van der Waals surface area contributed by atoms with Crippen LogP contribution < -0.4 is 14.9 Å². The van der Waals surface area contributed by atoms with Crippen molar-refractivity contribution in [3.63, 3.8) is 0 Å². The fourth-order valence-electron chi connectivity index (χ4n) is 5.55. The Labute approximate surface area is 301 Å². The predicted octanol–water partition coefficient (Wildman–Crippen LogP) is 7.71. The molecule has 6 rings (SSSR count). The van der Waals surface area contributed by atoms with Gasteiger partial charge in [0.05, 0.1) is 43.0 Å². The number of phenols is 1. The minimum atomic E-state index is -0.237. The third-order valence-electron chi connectivity index (χ3n) is 8.44. The summed E-state index contributed by atoms with van der Waals surface area (Å²) in [5.74, 6) is 1.63. The molecule has 0 atom stereocenters. The van der Waals surface area contributed by atoms with Crippen molar-refractivity contribution in [3.8, 4) is 28.6 Å². The van der Waals surface area contributed by atoms with Crippen LogP contribution in [0.25, 0.3) is 28.4 Å². The Balaban J connectivity index is 0.847. The second-order valence-electron chi connectivity index (χ2n) is 12.2. The number of aromatic nitrogens is 3. The van der Waals surface area contributed by atoms with Crippen molar-refractivity contribution >= 4 is 22.8 Å². The van der Waals surface area contributed by atoms with Gasteiger partial charge < -0.3 is 23.7 Å². The first-order valence-corrected chi connectivity index (χ1v) is 17.5. The lowest BCUT2D eigenvalue weighted by atomic mass is 10.0. The Morgan fingerprint density at radius 2 is 1.67 bits per heavy atom. The predicted molar refractivity (Wildman–Crippen MR) is 200 cm³/mol. The molecule has 266 valence electrons. The molecule has 0 radical (unpaired) electrons. The van der Waals surface area contributed by atoms with Gasteiger partial charge in [0.25, 0.3) is 0 Å². The molecule has 0 saturated carbocycles. The van der Waals surface area contributed by atoms with Crippen LogP contribution >= 0.6 is 0 Å². The Bertz CT molecular complexity index is 2170. The number of ether oxygens (including phenoxy) is 3. The van der Waals surface area contributed by atoms with Crippen LogP contribution in [0, 0.1) is 0 Å². The molecule has 10 heteroatoms. The normalized spacial score (nSPS) is 11.3. The van der Waals surface area contributed by atoms with E-state index in [2.05, 4.69) is 10.3 Å². The van der Waals surface area contributed by atoms with Crippen LogP contribution in [-0.2, 0) is 24.1 Å². The smallest absolute Gasteiger partial charge is 0.193 e. The van der Waals surface area contributed by atoms with Crippen LogP contribution in [0.5, 0.6) is 17.2 Å². The average Bonchev–Trinajstić information content (AvgIpc) is 3.63. The lowest BCUT2D eigenvalue weighted by molar-refractivity contribution is 0.0923. The molecule has 0 saturated heterocycles. The van der Waals surface area contributed by atoms with Crippen LogP contribution in [0.15, 0.2) is 119 Å². The molecule has 0 unspecified atom stereocenters. The van der Waals surface area contributed by atoms with Gasteiger partial charge in [-0.15, -0.1) is 5.10 Å². The summed E-state index contributed by atoms with van der Waals surface area (Å²) in [5.41, 5.74) is 4.30. The Morgan fingerprint density at radius 1 is 0.865 bits per heavy atom. The highest BCUT2D eigenvalue weighted by atomic mass is 16.5. The molecule has 0 aliphatic heterocycles. The van der Waals surface area contributed by atoms with E-state index < -0.39 is 0 Å². The highest BCUT2D eigenvalue weighted by Gasteiger charge is 2.10. The lowest BCUT2D eigenvalue weighted by Crippen LogP contribution is -2.12. The number of ketones is 1. The van der Waals surface area contributed by atoms with Crippen molar-refractivity contribution in [2.24, 2.45) is 0 Å². The number of rotatable bonds is 18. The van der Waals surface area contributed by atoms with Gasteiger partial charge in [-0.25, -0.2) is 4.68 Å². The lowest BCUT2D eigenvalue weighted by Gasteiger charge is -2.08. The van der Waals surface area contributed by atoms with Gasteiger partial charge in [0.2, 0.25) is 0 Å². The van der Waals surface area contributed by atoms with Crippen molar-refractivity contribution < 1.29 is 28.5 Å². The number of hydrogen-bond donors (Lipinski definition) is 1. The first-order valence-electron chi connectivity index (χ1n) is 17.5. The third-order valence-corrected chi connectivity index (χ3v) is 8.44. The van der Waals surface area contributed by atoms with E-state index in [9.17, 15) is 14.7 Å². The molecule has 2 aromatic heterocycles. The molecule has 4 aromatic carbocycles. The number of aromatic hydroxyl groups is 1. The van der Waals surface area contributed by atoms with Crippen LogP contribution in [0.4, 0.5) is 0 Å². The molecular weight excluding hydrogens is 658 g/mol. The molecule has 0 fully saturated rings. The van der Waals surface area contributed by atoms with Gasteiger partial charge in [-0.05, 0) is 79.3 Å². The van der Waals surface area contributed by atoms with E-state index in [0.717, 1.165) is 53.8 Å². The Hall–Kier alpha value is -6.00. The number of carbonyl (C=O) groups is 1. The average molecular weight is 700 g/mol. The van der Waals surface area contributed by atoms with E-state index in [1.54, 1.807) is 41.1 Å². The number of hydrogen-bond acceptors (Lipinski definition) is 9. The quantitative estimate of drug-likeness (QED) is 0.0545. The summed E-state index contributed by atoms with van der Waals surface area (Å²) in [7, 11) is 0. The highest BCUT2D eigenvalue weighted by molar-refractivity contribution is 6.08. The molecule has 10 nitrogen and oxygen atoms in total. The van der Waals surface area contributed by atoms with Crippen LogP contribution in [0.3, 0.4) is 0 Å². The molecule has 0 bridgehead atoms. The van der Waals surface area contributed by atoms with Gasteiger partial charge in [0.1, 0.15) is 35.2 Å². The summed E-state index contributed by atoms with van der Waals surface area (Å²) in [6.45, 7) is 4.37. The fourth-order valence-corrected chi connectivity index (χ4v) is 5.55. The summed E-state index contributed by atoms with van der Waals surface area (Å²) in [6, 6.07) is 28.9. The summed E-state index contributed by atoms with van der Waals surface area (Å²) in [6.07, 6.45) is 8.51. The number of carbonyl (C=O) groups excluding carboxylic acids is 1. The monoisotopic (exact) mass is 699 g/mol.